The summed E-state index contributed by atoms with van der Waals surface area (Å²) in [5, 5.41) is 11.9. The largest absolute Gasteiger partial charge is 0.480 e. The summed E-state index contributed by atoms with van der Waals surface area (Å²) < 4.78 is 42.5. The van der Waals surface area contributed by atoms with E-state index in [-0.39, 0.29) is 12.6 Å². The number of nitrogens with zero attached hydrogens (tertiary/aromatic N) is 3. The van der Waals surface area contributed by atoms with Gasteiger partial charge in [0.05, 0.1) is 6.54 Å². The fourth-order valence-electron chi connectivity index (χ4n) is 4.28. The van der Waals surface area contributed by atoms with Gasteiger partial charge in [-0.05, 0) is 43.9 Å². The van der Waals surface area contributed by atoms with E-state index in [4.69, 9.17) is 5.11 Å². The molecule has 0 aliphatic carbocycles. The number of carboxylic acids is 1. The highest BCUT2D eigenvalue weighted by molar-refractivity contribution is 5.69. The molecule has 1 aromatic rings. The summed E-state index contributed by atoms with van der Waals surface area (Å²) in [6.07, 6.45) is -5.91. The number of aryl methyl sites for hydroxylation is 1. The van der Waals surface area contributed by atoms with Crippen LogP contribution in [0.5, 0.6) is 0 Å². The lowest BCUT2D eigenvalue weighted by molar-refractivity contribution is -0.200. The van der Waals surface area contributed by atoms with Gasteiger partial charge in [0.2, 0.25) is 0 Å². The molecule has 2 fully saturated rings. The Morgan fingerprint density at radius 1 is 1.15 bits per heavy atom. The van der Waals surface area contributed by atoms with E-state index in [0.29, 0.717) is 32.7 Å². The second-order valence-electron chi connectivity index (χ2n) is 9.00. The van der Waals surface area contributed by atoms with Crippen LogP contribution in [0.2, 0.25) is 0 Å². The van der Waals surface area contributed by atoms with Gasteiger partial charge in [0.15, 0.2) is 6.10 Å². The van der Waals surface area contributed by atoms with E-state index in [1.807, 2.05) is 6.92 Å². The van der Waals surface area contributed by atoms with Crippen LogP contribution in [0.3, 0.4) is 0 Å². The Morgan fingerprint density at radius 3 is 2.38 bits per heavy atom. The molecule has 190 valence electrons. The number of hydrogen-bond acceptors (Lipinski definition) is 6. The lowest BCUT2D eigenvalue weighted by Gasteiger charge is -2.37. The monoisotopic (exact) mass is 486 g/mol. The Labute approximate surface area is 197 Å². The number of rotatable bonds is 7. The van der Waals surface area contributed by atoms with Crippen LogP contribution in [0.1, 0.15) is 30.9 Å². The van der Waals surface area contributed by atoms with E-state index in [2.05, 4.69) is 38.1 Å². The average Bonchev–Trinajstić information content (AvgIpc) is 2.79. The molecule has 0 aromatic heterocycles. The fourth-order valence-corrected chi connectivity index (χ4v) is 4.28. The Hall–Kier alpha value is -2.53. The van der Waals surface area contributed by atoms with E-state index in [0.717, 1.165) is 49.7 Å². The lowest BCUT2D eigenvalue weighted by atomic mass is 10.0. The summed E-state index contributed by atoms with van der Waals surface area (Å²) in [5.74, 6) is -0.855. The Bertz CT molecular complexity index is 851. The minimum Gasteiger partial charge on any atom is -0.480 e. The number of carbonyl (C=O) groups excluding carboxylic acids is 1. The molecule has 1 atom stereocenters. The van der Waals surface area contributed by atoms with Gasteiger partial charge in [-0.15, -0.1) is 0 Å². The van der Waals surface area contributed by atoms with Gasteiger partial charge in [-0.2, -0.15) is 13.2 Å². The number of halogens is 3. The first-order chi connectivity index (χ1) is 16.0. The highest BCUT2D eigenvalue weighted by atomic mass is 19.4. The maximum absolute atomic E-state index is 12.7. The van der Waals surface area contributed by atoms with Crippen LogP contribution in [0.4, 0.5) is 23.7 Å². The van der Waals surface area contributed by atoms with Crippen LogP contribution in [0.25, 0.3) is 0 Å². The maximum Gasteiger partial charge on any atom is 0.425 e. The highest BCUT2D eigenvalue weighted by Gasteiger charge is 2.40. The van der Waals surface area contributed by atoms with Gasteiger partial charge in [0.25, 0.3) is 0 Å². The lowest BCUT2D eigenvalue weighted by Crippen LogP contribution is -2.50. The van der Waals surface area contributed by atoms with Crippen LogP contribution < -0.4 is 10.2 Å². The third-order valence-electron chi connectivity index (χ3n) is 6.38. The molecule has 2 heterocycles. The van der Waals surface area contributed by atoms with Crippen molar-refractivity contribution in [3.8, 4) is 0 Å². The van der Waals surface area contributed by atoms with E-state index in [9.17, 15) is 22.8 Å². The van der Waals surface area contributed by atoms with E-state index in [1.54, 1.807) is 0 Å². The molecule has 11 heteroatoms. The molecule has 1 amide bonds. The Balaban J connectivity index is 1.54. The first kappa shape index (κ1) is 26.1. The zero-order valence-electron chi connectivity index (χ0n) is 19.6. The number of anilines is 1. The quantitative estimate of drug-likeness (QED) is 0.613. The van der Waals surface area contributed by atoms with Crippen LogP contribution >= 0.6 is 0 Å². The van der Waals surface area contributed by atoms with Gasteiger partial charge in [0, 0.05) is 57.5 Å². The molecular weight excluding hydrogens is 453 g/mol. The second kappa shape index (κ2) is 11.3. The van der Waals surface area contributed by atoms with Crippen LogP contribution in [-0.4, -0.2) is 91.1 Å². The number of hydrogen-bond donors (Lipinski definition) is 2. The van der Waals surface area contributed by atoms with Crippen molar-refractivity contribution >= 4 is 17.7 Å². The Morgan fingerprint density at radius 2 is 1.79 bits per heavy atom. The van der Waals surface area contributed by atoms with Crippen molar-refractivity contribution in [2.45, 2.75) is 51.6 Å². The number of ether oxygens (including phenoxy) is 1. The highest BCUT2D eigenvalue weighted by Crippen LogP contribution is 2.28. The molecule has 3 rings (SSSR count). The molecule has 2 N–H and O–H groups in total. The van der Waals surface area contributed by atoms with Crippen molar-refractivity contribution in [1.82, 2.24) is 15.1 Å². The van der Waals surface area contributed by atoms with Crippen molar-refractivity contribution in [1.29, 1.82) is 0 Å². The number of piperazine rings is 1. The van der Waals surface area contributed by atoms with Gasteiger partial charge < -0.3 is 25.0 Å². The molecule has 0 spiro atoms. The summed E-state index contributed by atoms with van der Waals surface area (Å²) in [6.45, 7) is 6.88. The first-order valence-electron chi connectivity index (χ1n) is 11.6. The fraction of sp³-hybridized carbons (Fsp3) is 0.652. The first-order valence-corrected chi connectivity index (χ1v) is 11.6. The van der Waals surface area contributed by atoms with Crippen molar-refractivity contribution in [3.05, 3.63) is 29.3 Å². The summed E-state index contributed by atoms with van der Waals surface area (Å²) in [7, 11) is 0. The van der Waals surface area contributed by atoms with E-state index >= 15 is 0 Å². The van der Waals surface area contributed by atoms with Crippen LogP contribution in [0, 0.1) is 6.92 Å². The van der Waals surface area contributed by atoms with Gasteiger partial charge in [-0.3, -0.25) is 9.69 Å². The minimum absolute atomic E-state index is 0.0327. The van der Waals surface area contributed by atoms with E-state index in [1.165, 1.54) is 4.90 Å². The number of carboxylic acid groups (broad SMARTS) is 1. The second-order valence-corrected chi connectivity index (χ2v) is 9.00. The third kappa shape index (κ3) is 7.23. The molecule has 2 saturated heterocycles. The number of alkyl halides is 3. The predicted octanol–water partition coefficient (Wildman–Crippen LogP) is 2.84. The molecule has 1 unspecified atom stereocenters. The average molecular weight is 487 g/mol. The molecule has 8 nitrogen and oxygen atoms in total. The molecule has 0 radical (unpaired) electrons. The number of aliphatic carboxylic acids is 1. The van der Waals surface area contributed by atoms with Crippen molar-refractivity contribution in [3.63, 3.8) is 0 Å². The van der Waals surface area contributed by atoms with E-state index < -0.39 is 24.3 Å². The third-order valence-corrected chi connectivity index (χ3v) is 6.38. The predicted molar refractivity (Wildman–Crippen MR) is 121 cm³/mol. The molecule has 1 aromatic carbocycles. The van der Waals surface area contributed by atoms with Crippen LogP contribution in [0.15, 0.2) is 18.2 Å². The summed E-state index contributed by atoms with van der Waals surface area (Å²) in [6, 6.07) is 6.51. The molecule has 2 aliphatic rings. The summed E-state index contributed by atoms with van der Waals surface area (Å²) in [5.41, 5.74) is 3.46. The SMILES string of the molecule is Cc1ccc(CN2CCN(C(=O)OC(C)C(F)(F)F)CC2)c(N2CCC(NCC(=O)O)CC2)c1. The van der Waals surface area contributed by atoms with Crippen molar-refractivity contribution in [2.75, 3.05) is 50.7 Å². The van der Waals surface area contributed by atoms with Gasteiger partial charge in [-0.1, -0.05) is 12.1 Å². The van der Waals surface area contributed by atoms with Gasteiger partial charge >= 0.3 is 18.2 Å². The summed E-state index contributed by atoms with van der Waals surface area (Å²) >= 11 is 0. The van der Waals surface area contributed by atoms with Crippen molar-refractivity contribution < 1.29 is 32.6 Å². The maximum atomic E-state index is 12.7. The molecule has 2 aliphatic heterocycles. The number of nitrogens with one attached hydrogen (secondary N) is 1. The molecule has 0 saturated carbocycles. The standard InChI is InChI=1S/C23H33F3N4O4/c1-16-3-4-18(20(13-16)29-7-5-19(6-8-29)27-14-21(31)32)15-28-9-11-30(12-10-28)22(33)34-17(2)23(24,25)26/h3-4,13,17,19,27H,5-12,14-15H2,1-2H3,(H,31,32). The zero-order chi connectivity index (χ0) is 24.9. The summed E-state index contributed by atoms with van der Waals surface area (Å²) in [4.78, 5) is 28.7. The zero-order valence-corrected chi connectivity index (χ0v) is 19.6. The molecule has 34 heavy (non-hydrogen) atoms. The van der Waals surface area contributed by atoms with Crippen molar-refractivity contribution in [2.24, 2.45) is 0 Å². The normalized spacial score (nSPS) is 19.2. The Kier molecular flexibility index (Phi) is 8.64. The number of benzene rings is 1. The topological polar surface area (TPSA) is 85.4 Å². The molecular formula is C23H33F3N4O4. The van der Waals surface area contributed by atoms with Crippen LogP contribution in [-0.2, 0) is 16.1 Å². The van der Waals surface area contributed by atoms with Gasteiger partial charge in [-0.25, -0.2) is 4.79 Å². The number of amides is 1. The number of piperidine rings is 1. The minimum atomic E-state index is -4.57. The van der Waals surface area contributed by atoms with Gasteiger partial charge in [0.1, 0.15) is 0 Å². The smallest absolute Gasteiger partial charge is 0.425 e. The number of carbonyl (C=O) groups is 2. The molecule has 0 bridgehead atoms.